The van der Waals surface area contributed by atoms with Gasteiger partial charge in [0.2, 0.25) is 0 Å². The lowest BCUT2D eigenvalue weighted by molar-refractivity contribution is 0.439. The molecular formula is C14H22N2S. The first-order valence-electron chi connectivity index (χ1n) is 6.15. The van der Waals surface area contributed by atoms with Crippen molar-refractivity contribution in [2.24, 2.45) is 11.7 Å². The molecular weight excluding hydrogens is 228 g/mol. The van der Waals surface area contributed by atoms with Gasteiger partial charge in [-0.15, -0.1) is 0 Å². The van der Waals surface area contributed by atoms with Crippen molar-refractivity contribution in [3.63, 3.8) is 0 Å². The summed E-state index contributed by atoms with van der Waals surface area (Å²) in [5.41, 5.74) is 8.36. The number of nitrogens with two attached hydrogens (primary N) is 1. The van der Waals surface area contributed by atoms with Crippen LogP contribution in [-0.2, 0) is 0 Å². The lowest BCUT2D eigenvalue weighted by Gasteiger charge is -2.19. The van der Waals surface area contributed by atoms with E-state index >= 15 is 0 Å². The maximum absolute atomic E-state index is 6.06. The molecule has 1 aromatic rings. The van der Waals surface area contributed by atoms with Gasteiger partial charge in [0.15, 0.2) is 0 Å². The van der Waals surface area contributed by atoms with Gasteiger partial charge < -0.3 is 11.1 Å². The van der Waals surface area contributed by atoms with E-state index < -0.39 is 0 Å². The van der Waals surface area contributed by atoms with Crippen molar-refractivity contribution in [2.75, 3.05) is 6.54 Å². The molecule has 0 bridgehead atoms. The molecule has 1 aromatic carbocycles. The zero-order valence-corrected chi connectivity index (χ0v) is 11.7. The van der Waals surface area contributed by atoms with Crippen LogP contribution in [0.15, 0.2) is 24.3 Å². The molecule has 0 heterocycles. The van der Waals surface area contributed by atoms with Crippen LogP contribution in [0.1, 0.15) is 31.4 Å². The number of hydrogen-bond donors (Lipinski definition) is 2. The van der Waals surface area contributed by atoms with E-state index in [4.69, 9.17) is 18.0 Å². The first kappa shape index (κ1) is 14.1. The summed E-state index contributed by atoms with van der Waals surface area (Å²) in [6.07, 6.45) is 1.10. The van der Waals surface area contributed by atoms with Crippen LogP contribution >= 0.6 is 12.2 Å². The van der Waals surface area contributed by atoms with Crippen LogP contribution in [0.3, 0.4) is 0 Å². The van der Waals surface area contributed by atoms with Crippen molar-refractivity contribution < 1.29 is 0 Å². The summed E-state index contributed by atoms with van der Waals surface area (Å²) in [7, 11) is 0. The van der Waals surface area contributed by atoms with Gasteiger partial charge in [0.1, 0.15) is 4.99 Å². The second-order valence-electron chi connectivity index (χ2n) is 4.63. The second-order valence-corrected chi connectivity index (χ2v) is 5.03. The number of aryl methyl sites for hydroxylation is 1. The SMILES string of the molecule is CC[C@H](C)[C@H](N)CNC(=S)c1ccc(C)cc1. The summed E-state index contributed by atoms with van der Waals surface area (Å²) in [6.45, 7) is 7.13. The summed E-state index contributed by atoms with van der Waals surface area (Å²) in [5, 5.41) is 3.24. The Balaban J connectivity index is 2.47. The highest BCUT2D eigenvalue weighted by molar-refractivity contribution is 7.80. The van der Waals surface area contributed by atoms with Crippen LogP contribution in [0.4, 0.5) is 0 Å². The van der Waals surface area contributed by atoms with Gasteiger partial charge in [-0.2, -0.15) is 0 Å². The monoisotopic (exact) mass is 250 g/mol. The number of hydrogen-bond acceptors (Lipinski definition) is 2. The average Bonchev–Trinajstić information content (AvgIpc) is 2.35. The Hall–Kier alpha value is -0.930. The van der Waals surface area contributed by atoms with Crippen LogP contribution in [-0.4, -0.2) is 17.6 Å². The van der Waals surface area contributed by atoms with E-state index in [1.165, 1.54) is 5.56 Å². The number of nitrogens with one attached hydrogen (secondary N) is 1. The summed E-state index contributed by atoms with van der Waals surface area (Å²) < 4.78 is 0. The maximum Gasteiger partial charge on any atom is 0.106 e. The van der Waals surface area contributed by atoms with Crippen molar-refractivity contribution in [1.82, 2.24) is 5.32 Å². The molecule has 0 saturated carbocycles. The molecule has 94 valence electrons. The molecule has 17 heavy (non-hydrogen) atoms. The van der Waals surface area contributed by atoms with Crippen molar-refractivity contribution >= 4 is 17.2 Å². The van der Waals surface area contributed by atoms with E-state index in [0.29, 0.717) is 5.92 Å². The predicted molar refractivity (Wildman–Crippen MR) is 78.3 cm³/mol. The molecule has 2 nitrogen and oxygen atoms in total. The maximum atomic E-state index is 6.06. The molecule has 0 radical (unpaired) electrons. The lowest BCUT2D eigenvalue weighted by Crippen LogP contribution is -2.40. The van der Waals surface area contributed by atoms with Gasteiger partial charge >= 0.3 is 0 Å². The minimum Gasteiger partial charge on any atom is -0.374 e. The van der Waals surface area contributed by atoms with Crippen molar-refractivity contribution in [1.29, 1.82) is 0 Å². The smallest absolute Gasteiger partial charge is 0.106 e. The molecule has 0 aliphatic heterocycles. The van der Waals surface area contributed by atoms with E-state index in [2.05, 4.69) is 38.2 Å². The number of thiocarbonyl (C=S) groups is 1. The molecule has 0 fully saturated rings. The van der Waals surface area contributed by atoms with E-state index in [0.717, 1.165) is 23.5 Å². The molecule has 0 aliphatic carbocycles. The third-order valence-electron chi connectivity index (χ3n) is 3.19. The Morgan fingerprint density at radius 3 is 2.47 bits per heavy atom. The predicted octanol–water partition coefficient (Wildman–Crippen LogP) is 2.63. The highest BCUT2D eigenvalue weighted by Gasteiger charge is 2.11. The summed E-state index contributed by atoms with van der Waals surface area (Å²) in [4.78, 5) is 0.781. The van der Waals surface area contributed by atoms with Gasteiger partial charge in [-0.25, -0.2) is 0 Å². The molecule has 0 saturated heterocycles. The summed E-state index contributed by atoms with van der Waals surface area (Å²) >= 11 is 5.34. The fraction of sp³-hybridized carbons (Fsp3) is 0.500. The van der Waals surface area contributed by atoms with Gasteiger partial charge in [0.05, 0.1) is 0 Å². The molecule has 0 amide bonds. The molecule has 0 aliphatic rings. The number of rotatable bonds is 5. The van der Waals surface area contributed by atoms with Gasteiger partial charge in [0, 0.05) is 18.2 Å². The molecule has 2 atom stereocenters. The van der Waals surface area contributed by atoms with Crippen LogP contribution in [0, 0.1) is 12.8 Å². The third kappa shape index (κ3) is 4.44. The van der Waals surface area contributed by atoms with Gasteiger partial charge in [-0.3, -0.25) is 0 Å². The quantitative estimate of drug-likeness (QED) is 0.789. The first-order valence-corrected chi connectivity index (χ1v) is 6.55. The Bertz CT molecular complexity index is 359. The molecule has 0 spiro atoms. The molecule has 1 rings (SSSR count). The normalized spacial score (nSPS) is 14.1. The Labute approximate surface area is 110 Å². The topological polar surface area (TPSA) is 38.0 Å². The fourth-order valence-electron chi connectivity index (χ4n) is 1.52. The van der Waals surface area contributed by atoms with Crippen LogP contribution in [0.2, 0.25) is 0 Å². The molecule has 3 heteroatoms. The first-order chi connectivity index (χ1) is 8.04. The Morgan fingerprint density at radius 1 is 1.35 bits per heavy atom. The molecule has 0 unspecified atom stereocenters. The standard InChI is InChI=1S/C14H22N2S/c1-4-11(3)13(15)9-16-14(17)12-7-5-10(2)6-8-12/h5-8,11,13H,4,9,15H2,1-3H3,(H,16,17)/t11-,13+/m0/s1. The van der Waals surface area contributed by atoms with E-state index in [1.807, 2.05) is 12.1 Å². The Morgan fingerprint density at radius 2 is 1.94 bits per heavy atom. The minimum atomic E-state index is 0.156. The fourth-order valence-corrected chi connectivity index (χ4v) is 1.74. The van der Waals surface area contributed by atoms with Crippen molar-refractivity contribution in [3.8, 4) is 0 Å². The zero-order valence-electron chi connectivity index (χ0n) is 10.9. The third-order valence-corrected chi connectivity index (χ3v) is 3.57. The van der Waals surface area contributed by atoms with Crippen LogP contribution < -0.4 is 11.1 Å². The molecule has 0 aromatic heterocycles. The van der Waals surface area contributed by atoms with Crippen LogP contribution in [0.5, 0.6) is 0 Å². The lowest BCUT2D eigenvalue weighted by atomic mass is 10.00. The van der Waals surface area contributed by atoms with Gasteiger partial charge in [-0.1, -0.05) is 62.3 Å². The highest BCUT2D eigenvalue weighted by atomic mass is 32.1. The van der Waals surface area contributed by atoms with E-state index in [9.17, 15) is 0 Å². The van der Waals surface area contributed by atoms with E-state index in [-0.39, 0.29) is 6.04 Å². The van der Waals surface area contributed by atoms with Gasteiger partial charge in [0.25, 0.3) is 0 Å². The Kier molecular flexibility index (Phi) is 5.59. The summed E-state index contributed by atoms with van der Waals surface area (Å²) in [5.74, 6) is 0.517. The van der Waals surface area contributed by atoms with Crippen molar-refractivity contribution in [2.45, 2.75) is 33.2 Å². The van der Waals surface area contributed by atoms with Crippen LogP contribution in [0.25, 0.3) is 0 Å². The van der Waals surface area contributed by atoms with Gasteiger partial charge in [-0.05, 0) is 12.8 Å². The zero-order chi connectivity index (χ0) is 12.8. The largest absolute Gasteiger partial charge is 0.374 e. The highest BCUT2D eigenvalue weighted by Crippen LogP contribution is 2.06. The summed E-state index contributed by atoms with van der Waals surface area (Å²) in [6, 6.07) is 8.37. The second kappa shape index (κ2) is 6.72. The van der Waals surface area contributed by atoms with Crippen molar-refractivity contribution in [3.05, 3.63) is 35.4 Å². The van der Waals surface area contributed by atoms with E-state index in [1.54, 1.807) is 0 Å². The minimum absolute atomic E-state index is 0.156. The number of benzene rings is 1. The average molecular weight is 250 g/mol. The molecule has 3 N–H and O–H groups in total.